The van der Waals surface area contributed by atoms with Crippen LogP contribution in [0.2, 0.25) is 0 Å². The smallest absolute Gasteiger partial charge is 0.266 e. The lowest BCUT2D eigenvalue weighted by Gasteiger charge is -2.18. The molecule has 0 atom stereocenters. The van der Waals surface area contributed by atoms with Crippen LogP contribution in [0.3, 0.4) is 0 Å². The second-order valence-electron chi connectivity index (χ2n) is 6.61. The van der Waals surface area contributed by atoms with Crippen LogP contribution in [-0.2, 0) is 4.79 Å². The predicted molar refractivity (Wildman–Crippen MR) is 115 cm³/mol. The molecule has 0 unspecified atom stereocenters. The molecule has 1 heterocycles. The number of rotatable bonds is 5. The average Bonchev–Trinajstić information content (AvgIpc) is 3.03. The summed E-state index contributed by atoms with van der Waals surface area (Å²) in [4.78, 5) is 38.8. The molecule has 0 fully saturated rings. The molecule has 1 aliphatic heterocycles. The number of anilines is 2. The maximum Gasteiger partial charge on any atom is 0.266 e. The highest BCUT2D eigenvalue weighted by atomic mass is 16.5. The summed E-state index contributed by atoms with van der Waals surface area (Å²) in [6, 6.07) is 20.9. The standard InChI is InChI=1S/C24H18N2O4/c1-30-21-15-17(25-22(27)14-11-16-7-3-2-4-8-16)12-13-20(21)26-23(28)18-9-5-6-10-19(18)24(26)29/h2-15H,1H3,(H,25,27)/b14-11+. The lowest BCUT2D eigenvalue weighted by atomic mass is 10.1. The molecule has 3 aromatic rings. The number of ether oxygens (including phenoxy) is 1. The van der Waals surface area contributed by atoms with Gasteiger partial charge in [0.05, 0.1) is 23.9 Å². The third kappa shape index (κ3) is 3.58. The van der Waals surface area contributed by atoms with Gasteiger partial charge in [-0.15, -0.1) is 0 Å². The average molecular weight is 398 g/mol. The van der Waals surface area contributed by atoms with E-state index in [9.17, 15) is 14.4 Å². The van der Waals surface area contributed by atoms with Crippen LogP contribution in [0.4, 0.5) is 11.4 Å². The predicted octanol–water partition coefficient (Wildman–Crippen LogP) is 4.15. The number of fused-ring (bicyclic) bond motifs is 1. The molecule has 1 aliphatic rings. The molecule has 6 heteroatoms. The number of amides is 3. The molecular formula is C24H18N2O4. The van der Waals surface area contributed by atoms with Gasteiger partial charge >= 0.3 is 0 Å². The van der Waals surface area contributed by atoms with Crippen molar-refractivity contribution in [2.24, 2.45) is 0 Å². The van der Waals surface area contributed by atoms with Crippen molar-refractivity contribution in [3.63, 3.8) is 0 Å². The highest BCUT2D eigenvalue weighted by Crippen LogP contribution is 2.36. The number of nitrogens with zero attached hydrogens (tertiary/aromatic N) is 1. The molecule has 0 saturated carbocycles. The van der Waals surface area contributed by atoms with Gasteiger partial charge < -0.3 is 10.1 Å². The second kappa shape index (κ2) is 8.05. The highest BCUT2D eigenvalue weighted by Gasteiger charge is 2.37. The molecule has 0 radical (unpaired) electrons. The first-order valence-corrected chi connectivity index (χ1v) is 9.28. The Hall–Kier alpha value is -4.19. The largest absolute Gasteiger partial charge is 0.494 e. The minimum absolute atomic E-state index is 0.300. The fraction of sp³-hybridized carbons (Fsp3) is 0.0417. The topological polar surface area (TPSA) is 75.7 Å². The number of hydrogen-bond donors (Lipinski definition) is 1. The summed E-state index contributed by atoms with van der Waals surface area (Å²) in [6.07, 6.45) is 3.14. The summed E-state index contributed by atoms with van der Waals surface area (Å²) in [5.74, 6) is -0.823. The Bertz CT molecular complexity index is 1130. The molecule has 3 aromatic carbocycles. The Kier molecular flexibility index (Phi) is 5.13. The maximum absolute atomic E-state index is 12.7. The highest BCUT2D eigenvalue weighted by molar-refractivity contribution is 6.34. The molecular weight excluding hydrogens is 380 g/mol. The van der Waals surface area contributed by atoms with E-state index in [1.807, 2.05) is 30.3 Å². The van der Waals surface area contributed by atoms with E-state index in [2.05, 4.69) is 5.32 Å². The van der Waals surface area contributed by atoms with Crippen molar-refractivity contribution in [3.05, 3.63) is 95.6 Å². The number of imide groups is 1. The Labute approximate surface area is 173 Å². The lowest BCUT2D eigenvalue weighted by Crippen LogP contribution is -2.29. The monoisotopic (exact) mass is 398 g/mol. The van der Waals surface area contributed by atoms with E-state index < -0.39 is 11.8 Å². The molecule has 0 spiro atoms. The van der Waals surface area contributed by atoms with Gasteiger partial charge in [-0.2, -0.15) is 0 Å². The molecule has 1 N–H and O–H groups in total. The summed E-state index contributed by atoms with van der Waals surface area (Å²) < 4.78 is 5.39. The van der Waals surface area contributed by atoms with Crippen molar-refractivity contribution < 1.29 is 19.1 Å². The summed E-state index contributed by atoms with van der Waals surface area (Å²) in [5.41, 5.74) is 2.42. The van der Waals surface area contributed by atoms with E-state index in [0.29, 0.717) is 28.3 Å². The van der Waals surface area contributed by atoms with Crippen LogP contribution in [0, 0.1) is 0 Å². The van der Waals surface area contributed by atoms with Crippen molar-refractivity contribution in [3.8, 4) is 5.75 Å². The van der Waals surface area contributed by atoms with Crippen LogP contribution in [0.25, 0.3) is 6.08 Å². The minimum atomic E-state index is -0.406. The van der Waals surface area contributed by atoms with Crippen LogP contribution in [0.15, 0.2) is 78.9 Å². The fourth-order valence-electron chi connectivity index (χ4n) is 3.27. The van der Waals surface area contributed by atoms with Gasteiger partial charge in [0.2, 0.25) is 5.91 Å². The molecule has 0 bridgehead atoms. The van der Waals surface area contributed by atoms with Crippen molar-refractivity contribution in [1.82, 2.24) is 0 Å². The van der Waals surface area contributed by atoms with Crippen LogP contribution in [0.1, 0.15) is 26.3 Å². The number of benzene rings is 3. The Morgan fingerprint density at radius 2 is 1.53 bits per heavy atom. The zero-order valence-corrected chi connectivity index (χ0v) is 16.2. The van der Waals surface area contributed by atoms with Crippen molar-refractivity contribution in [2.75, 3.05) is 17.3 Å². The van der Waals surface area contributed by atoms with E-state index >= 15 is 0 Å². The first kappa shape index (κ1) is 19.1. The Balaban J connectivity index is 1.55. The maximum atomic E-state index is 12.7. The molecule has 4 rings (SSSR count). The number of nitrogens with one attached hydrogen (secondary N) is 1. The van der Waals surface area contributed by atoms with Gasteiger partial charge in [-0.3, -0.25) is 14.4 Å². The lowest BCUT2D eigenvalue weighted by molar-refractivity contribution is -0.111. The van der Waals surface area contributed by atoms with Crippen LogP contribution in [0.5, 0.6) is 5.75 Å². The van der Waals surface area contributed by atoms with Gasteiger partial charge in [-0.1, -0.05) is 42.5 Å². The fourth-order valence-corrected chi connectivity index (χ4v) is 3.27. The van der Waals surface area contributed by atoms with Crippen molar-refractivity contribution >= 4 is 35.2 Å². The first-order chi connectivity index (χ1) is 14.6. The van der Waals surface area contributed by atoms with E-state index in [1.54, 1.807) is 48.5 Å². The van der Waals surface area contributed by atoms with Gasteiger partial charge in [0, 0.05) is 17.8 Å². The zero-order valence-electron chi connectivity index (χ0n) is 16.2. The zero-order chi connectivity index (χ0) is 21.1. The van der Waals surface area contributed by atoms with Gasteiger partial charge in [0.1, 0.15) is 5.75 Å². The van der Waals surface area contributed by atoms with Gasteiger partial charge in [-0.25, -0.2) is 4.90 Å². The quantitative estimate of drug-likeness (QED) is 0.518. The van der Waals surface area contributed by atoms with Gasteiger partial charge in [-0.05, 0) is 35.9 Å². The van der Waals surface area contributed by atoms with Gasteiger partial charge in [0.25, 0.3) is 11.8 Å². The molecule has 148 valence electrons. The Morgan fingerprint density at radius 1 is 0.900 bits per heavy atom. The molecule has 6 nitrogen and oxygen atoms in total. The van der Waals surface area contributed by atoms with Gasteiger partial charge in [0.15, 0.2) is 0 Å². The van der Waals surface area contributed by atoms with Crippen LogP contribution in [-0.4, -0.2) is 24.8 Å². The number of carbonyl (C=O) groups excluding carboxylic acids is 3. The molecule has 0 aliphatic carbocycles. The summed E-state index contributed by atoms with van der Waals surface area (Å²) >= 11 is 0. The SMILES string of the molecule is COc1cc(NC(=O)/C=C/c2ccccc2)ccc1N1C(=O)c2ccccc2C1=O. The normalized spacial score (nSPS) is 12.9. The number of hydrogen-bond acceptors (Lipinski definition) is 4. The van der Waals surface area contributed by atoms with E-state index in [1.165, 1.54) is 13.2 Å². The van der Waals surface area contributed by atoms with E-state index in [-0.39, 0.29) is 5.91 Å². The van der Waals surface area contributed by atoms with Crippen LogP contribution >= 0.6 is 0 Å². The molecule has 3 amide bonds. The number of methoxy groups -OCH3 is 1. The number of carbonyl (C=O) groups is 3. The molecule has 30 heavy (non-hydrogen) atoms. The second-order valence-corrected chi connectivity index (χ2v) is 6.61. The van der Waals surface area contributed by atoms with Crippen molar-refractivity contribution in [2.45, 2.75) is 0 Å². The Morgan fingerprint density at radius 3 is 2.17 bits per heavy atom. The molecule has 0 saturated heterocycles. The third-order valence-corrected chi connectivity index (χ3v) is 4.71. The van der Waals surface area contributed by atoms with Crippen LogP contribution < -0.4 is 15.0 Å². The minimum Gasteiger partial charge on any atom is -0.494 e. The van der Waals surface area contributed by atoms with E-state index in [4.69, 9.17) is 4.74 Å². The summed E-state index contributed by atoms with van der Waals surface area (Å²) in [6.45, 7) is 0. The van der Waals surface area contributed by atoms with Crippen molar-refractivity contribution in [1.29, 1.82) is 0 Å². The summed E-state index contributed by atoms with van der Waals surface area (Å²) in [7, 11) is 1.44. The van der Waals surface area contributed by atoms with E-state index in [0.717, 1.165) is 10.5 Å². The summed E-state index contributed by atoms with van der Waals surface area (Å²) in [5, 5.41) is 2.75. The molecule has 0 aromatic heterocycles. The third-order valence-electron chi connectivity index (χ3n) is 4.71. The first-order valence-electron chi connectivity index (χ1n) is 9.28.